The lowest BCUT2D eigenvalue weighted by Gasteiger charge is -2.23. The topological polar surface area (TPSA) is 68.5 Å². The Morgan fingerprint density at radius 1 is 0.925 bits per heavy atom. The zero-order valence-corrected chi connectivity index (χ0v) is 22.2. The number of carbonyl (C=O) groups is 1. The molecule has 0 radical (unpaired) electrons. The van der Waals surface area contributed by atoms with E-state index in [0.29, 0.717) is 37.9 Å². The highest BCUT2D eigenvalue weighted by Crippen LogP contribution is 2.28. The van der Waals surface area contributed by atoms with Crippen molar-refractivity contribution in [2.75, 3.05) is 18.1 Å². The Morgan fingerprint density at radius 3 is 2.23 bits per heavy atom. The third kappa shape index (κ3) is 11.4. The molecule has 0 saturated heterocycles. The van der Waals surface area contributed by atoms with Gasteiger partial charge in [-0.2, -0.15) is 13.8 Å². The molecule has 0 aliphatic heterocycles. The van der Waals surface area contributed by atoms with Gasteiger partial charge in [-0.25, -0.2) is 8.78 Å². The number of hydrogen-bond acceptors (Lipinski definition) is 5. The summed E-state index contributed by atoms with van der Waals surface area (Å²) in [5.74, 6) is -0.674. The fourth-order valence-corrected chi connectivity index (χ4v) is 3.61. The second-order valence-electron chi connectivity index (χ2n) is 7.95. The number of anilines is 1. The summed E-state index contributed by atoms with van der Waals surface area (Å²) in [7, 11) is 0. The van der Waals surface area contributed by atoms with Crippen LogP contribution in [0.4, 0.5) is 27.6 Å². The van der Waals surface area contributed by atoms with Crippen LogP contribution in [0.15, 0.2) is 79.4 Å². The maximum atomic E-state index is 12.8. The summed E-state index contributed by atoms with van der Waals surface area (Å²) in [6, 6.07) is 13.3. The monoisotopic (exact) mass is 567 g/mol. The average molecular weight is 568 g/mol. The first-order valence-corrected chi connectivity index (χ1v) is 12.5. The van der Waals surface area contributed by atoms with Crippen molar-refractivity contribution in [2.45, 2.75) is 51.6 Å². The summed E-state index contributed by atoms with van der Waals surface area (Å²) < 4.78 is 71.8. The van der Waals surface area contributed by atoms with Crippen molar-refractivity contribution >= 4 is 11.6 Å². The summed E-state index contributed by atoms with van der Waals surface area (Å²) in [6.07, 6.45) is -0.388. The van der Waals surface area contributed by atoms with Crippen LogP contribution in [-0.4, -0.2) is 35.9 Å². The van der Waals surface area contributed by atoms with Crippen LogP contribution in [-0.2, 0) is 11.2 Å². The van der Waals surface area contributed by atoms with Gasteiger partial charge in [-0.1, -0.05) is 35.8 Å². The predicted octanol–water partition coefficient (Wildman–Crippen LogP) is 8.38. The van der Waals surface area contributed by atoms with Crippen molar-refractivity contribution < 1.29 is 36.0 Å². The molecule has 0 N–H and O–H groups in total. The minimum atomic E-state index is -2.91. The highest BCUT2D eigenvalue weighted by Gasteiger charge is 2.17. The number of carbonyl (C=O) groups excluding carboxylic acids is 1. The Labute approximate surface area is 231 Å². The van der Waals surface area contributed by atoms with E-state index in [9.17, 15) is 26.7 Å². The second kappa shape index (κ2) is 19.1. The van der Waals surface area contributed by atoms with E-state index < -0.39 is 25.5 Å². The van der Waals surface area contributed by atoms with E-state index in [1.165, 1.54) is 12.1 Å². The zero-order valence-electron chi connectivity index (χ0n) is 22.2. The van der Waals surface area contributed by atoms with Crippen molar-refractivity contribution in [1.29, 1.82) is 0 Å². The van der Waals surface area contributed by atoms with E-state index in [0.717, 1.165) is 11.1 Å². The van der Waals surface area contributed by atoms with Gasteiger partial charge >= 0.3 is 13.0 Å². The molecule has 1 aromatic heterocycles. The Bertz CT molecular complexity index is 1120. The largest absolute Gasteiger partial charge is 0.435 e. The molecule has 1 heterocycles. The number of ether oxygens (including phenoxy) is 1. The lowest BCUT2D eigenvalue weighted by atomic mass is 10.0. The van der Waals surface area contributed by atoms with Crippen LogP contribution >= 0.6 is 0 Å². The molecule has 0 atom stereocenters. The van der Waals surface area contributed by atoms with E-state index in [1.54, 1.807) is 35.2 Å². The third-order valence-corrected chi connectivity index (χ3v) is 5.35. The Kier molecular flexibility index (Phi) is 16.2. The third-order valence-electron chi connectivity index (χ3n) is 5.35. The molecule has 3 rings (SSSR count). The van der Waals surface area contributed by atoms with Crippen molar-refractivity contribution in [3.8, 4) is 16.9 Å². The van der Waals surface area contributed by atoms with Gasteiger partial charge in [-0.05, 0) is 54.7 Å². The van der Waals surface area contributed by atoms with E-state index in [4.69, 9.17) is 4.52 Å². The van der Waals surface area contributed by atoms with Gasteiger partial charge in [0.05, 0.1) is 6.67 Å². The van der Waals surface area contributed by atoms with Gasteiger partial charge in [-0.3, -0.25) is 9.18 Å². The zero-order chi connectivity index (χ0) is 29.9. The fraction of sp³-hybridized carbons (Fsp3) is 0.345. The number of aromatic nitrogens is 2. The molecule has 0 aliphatic rings. The van der Waals surface area contributed by atoms with Gasteiger partial charge in [-0.15, -0.1) is 26.3 Å². The molecule has 3 aromatic rings. The number of benzene rings is 2. The number of rotatable bonds is 14. The first kappa shape index (κ1) is 34.0. The number of hydrogen-bond donors (Lipinski definition) is 0. The minimum absolute atomic E-state index is 0.0406. The molecule has 2 aromatic carbocycles. The highest BCUT2D eigenvalue weighted by atomic mass is 19.3. The fourth-order valence-electron chi connectivity index (χ4n) is 3.61. The van der Waals surface area contributed by atoms with E-state index in [-0.39, 0.29) is 30.4 Å². The van der Waals surface area contributed by atoms with Crippen LogP contribution in [0.2, 0.25) is 0 Å². The minimum Gasteiger partial charge on any atom is -0.435 e. The van der Waals surface area contributed by atoms with Gasteiger partial charge in [0.2, 0.25) is 17.6 Å². The van der Waals surface area contributed by atoms with E-state index in [1.807, 2.05) is 6.07 Å². The van der Waals surface area contributed by atoms with Crippen molar-refractivity contribution in [3.05, 3.63) is 86.6 Å². The summed E-state index contributed by atoms with van der Waals surface area (Å²) in [6.45, 7) is 8.87. The molecule has 1 amide bonds. The SMILES string of the molecule is C=C.C=C.O=C(CCCF)N(CCCCCc1nc(C(F)F)no1)c1cccc(-c2ccc(OC(F)F)cc2)c1. The molecule has 218 valence electrons. The molecule has 0 bridgehead atoms. The number of aryl methyl sites for hydroxylation is 1. The molecule has 0 spiro atoms. The normalized spacial score (nSPS) is 10.4. The molecule has 0 aliphatic carbocycles. The molecule has 0 fully saturated rings. The molecule has 0 saturated carbocycles. The average Bonchev–Trinajstić information content (AvgIpc) is 3.45. The van der Waals surface area contributed by atoms with Crippen molar-refractivity contribution in [1.82, 2.24) is 10.1 Å². The number of amides is 1. The van der Waals surface area contributed by atoms with Crippen LogP contribution in [0.1, 0.15) is 50.2 Å². The summed E-state index contributed by atoms with van der Waals surface area (Å²) in [5, 5.41) is 3.22. The highest BCUT2D eigenvalue weighted by molar-refractivity contribution is 5.94. The maximum absolute atomic E-state index is 12.8. The van der Waals surface area contributed by atoms with Crippen LogP contribution in [0.5, 0.6) is 5.75 Å². The van der Waals surface area contributed by atoms with Gasteiger partial charge in [0.15, 0.2) is 0 Å². The first-order chi connectivity index (χ1) is 19.4. The lowest BCUT2D eigenvalue weighted by Crippen LogP contribution is -2.31. The smallest absolute Gasteiger partial charge is 0.387 e. The van der Waals surface area contributed by atoms with Crippen molar-refractivity contribution in [2.24, 2.45) is 0 Å². The summed E-state index contributed by atoms with van der Waals surface area (Å²) in [4.78, 5) is 18.0. The number of halogens is 5. The van der Waals surface area contributed by atoms with E-state index in [2.05, 4.69) is 41.2 Å². The molecule has 6 nitrogen and oxygen atoms in total. The van der Waals surface area contributed by atoms with Gasteiger partial charge < -0.3 is 14.2 Å². The molecule has 11 heteroatoms. The van der Waals surface area contributed by atoms with Crippen LogP contribution < -0.4 is 9.64 Å². The number of nitrogens with zero attached hydrogens (tertiary/aromatic N) is 3. The summed E-state index contributed by atoms with van der Waals surface area (Å²) in [5.41, 5.74) is 2.14. The molecule has 40 heavy (non-hydrogen) atoms. The number of alkyl halides is 5. The Morgan fingerprint density at radius 2 is 1.62 bits per heavy atom. The van der Waals surface area contributed by atoms with Gasteiger partial charge in [0, 0.05) is 25.1 Å². The van der Waals surface area contributed by atoms with Gasteiger partial charge in [0.25, 0.3) is 0 Å². The Balaban J connectivity index is 0.00000191. The van der Waals surface area contributed by atoms with Gasteiger partial charge in [0.1, 0.15) is 5.75 Å². The van der Waals surface area contributed by atoms with E-state index >= 15 is 0 Å². The van der Waals surface area contributed by atoms with Crippen LogP contribution in [0.25, 0.3) is 11.1 Å². The second-order valence-corrected chi connectivity index (χ2v) is 7.95. The summed E-state index contributed by atoms with van der Waals surface area (Å²) >= 11 is 0. The quantitative estimate of drug-likeness (QED) is 0.111. The van der Waals surface area contributed by atoms with Crippen LogP contribution in [0, 0.1) is 0 Å². The molecular formula is C29H34F5N3O3. The standard InChI is InChI=1S/C25H26F5N3O3.2C2H4/c26-14-5-9-22(34)33(15-3-1-2-8-21-31-24(23(27)28)32-36-21)19-7-4-6-18(16-19)17-10-12-20(13-11-17)35-25(29)30;2*1-2/h4,6-7,10-13,16,23,25H,1-3,5,8-9,14-15H2;2*1-2H2. The predicted molar refractivity (Wildman–Crippen MR) is 145 cm³/mol. The first-order valence-electron chi connectivity index (χ1n) is 12.5. The Hall–Kier alpha value is -4.02. The van der Waals surface area contributed by atoms with Crippen molar-refractivity contribution in [3.63, 3.8) is 0 Å². The van der Waals surface area contributed by atoms with Crippen LogP contribution in [0.3, 0.4) is 0 Å². The molecular weight excluding hydrogens is 533 g/mol. The molecule has 0 unspecified atom stereocenters. The lowest BCUT2D eigenvalue weighted by molar-refractivity contribution is -0.118. The number of unbranched alkanes of at least 4 members (excludes halogenated alkanes) is 2. The maximum Gasteiger partial charge on any atom is 0.387 e.